The van der Waals surface area contributed by atoms with Crippen molar-refractivity contribution in [3.8, 4) is 0 Å². The molecule has 0 radical (unpaired) electrons. The van der Waals surface area contributed by atoms with Gasteiger partial charge in [-0.25, -0.2) is 0 Å². The van der Waals surface area contributed by atoms with Gasteiger partial charge in [-0.05, 0) is 30.5 Å². The van der Waals surface area contributed by atoms with E-state index in [1.807, 2.05) is 40.6 Å². The number of carbonyl (C=O) groups excluding carboxylic acids is 1. The van der Waals surface area contributed by atoms with Gasteiger partial charge in [0.15, 0.2) is 0 Å². The Morgan fingerprint density at radius 3 is 2.52 bits per heavy atom. The van der Waals surface area contributed by atoms with Gasteiger partial charge in [-0.3, -0.25) is 4.79 Å². The van der Waals surface area contributed by atoms with Crippen LogP contribution in [0, 0.1) is 0 Å². The highest BCUT2D eigenvalue weighted by Crippen LogP contribution is 2.45. The van der Waals surface area contributed by atoms with Crippen LogP contribution in [0.5, 0.6) is 0 Å². The second-order valence-electron chi connectivity index (χ2n) is 5.23. The van der Waals surface area contributed by atoms with Crippen LogP contribution in [-0.4, -0.2) is 41.4 Å². The Bertz CT molecular complexity index is 477. The van der Waals surface area contributed by atoms with Crippen LogP contribution in [0.1, 0.15) is 33.3 Å². The smallest absolute Gasteiger partial charge is 0.254 e. The van der Waals surface area contributed by atoms with E-state index in [1.54, 1.807) is 0 Å². The Labute approximate surface area is 140 Å². The standard InChI is InChI=1S/C15H20N2OS2.ClH/c16-10-13-2-1-7-17(13)14(18)11-3-5-12(6-4-11)15-19-8-9-20-15;/h3-6,13,15H,1-2,7-10,16H2;1H. The number of likely N-dealkylation sites (tertiary alicyclic amines) is 1. The van der Waals surface area contributed by atoms with Crippen molar-refractivity contribution in [2.75, 3.05) is 24.6 Å². The Hall–Kier alpha value is -0.360. The summed E-state index contributed by atoms with van der Waals surface area (Å²) in [6, 6.07) is 8.39. The molecule has 1 aromatic rings. The van der Waals surface area contributed by atoms with E-state index in [-0.39, 0.29) is 24.4 Å². The normalized spacial score (nSPS) is 22.3. The first-order valence-electron chi connectivity index (χ1n) is 7.14. The van der Waals surface area contributed by atoms with E-state index in [9.17, 15) is 4.79 Å². The van der Waals surface area contributed by atoms with Crippen LogP contribution < -0.4 is 5.73 Å². The van der Waals surface area contributed by atoms with Crippen molar-refractivity contribution in [3.63, 3.8) is 0 Å². The van der Waals surface area contributed by atoms with Gasteiger partial charge in [0.2, 0.25) is 0 Å². The first-order chi connectivity index (χ1) is 9.79. The molecule has 1 unspecified atom stereocenters. The van der Waals surface area contributed by atoms with E-state index in [0.29, 0.717) is 11.1 Å². The first kappa shape index (κ1) is 17.0. The molecule has 2 N–H and O–H groups in total. The van der Waals surface area contributed by atoms with Crippen molar-refractivity contribution in [2.24, 2.45) is 5.73 Å². The molecular formula is C15H21ClN2OS2. The average Bonchev–Trinajstić information content (AvgIpc) is 3.17. The lowest BCUT2D eigenvalue weighted by molar-refractivity contribution is 0.0741. The molecule has 1 amide bonds. The van der Waals surface area contributed by atoms with Crippen LogP contribution in [0.25, 0.3) is 0 Å². The molecule has 21 heavy (non-hydrogen) atoms. The summed E-state index contributed by atoms with van der Waals surface area (Å²) in [4.78, 5) is 14.4. The van der Waals surface area contributed by atoms with Crippen LogP contribution in [0.15, 0.2) is 24.3 Å². The highest BCUT2D eigenvalue weighted by Gasteiger charge is 2.28. The second kappa shape index (κ2) is 7.77. The fourth-order valence-corrected chi connectivity index (χ4v) is 5.71. The minimum Gasteiger partial charge on any atom is -0.334 e. The molecule has 116 valence electrons. The predicted octanol–water partition coefficient (Wildman–Crippen LogP) is 3.15. The summed E-state index contributed by atoms with van der Waals surface area (Å²) in [6.45, 7) is 1.41. The van der Waals surface area contributed by atoms with Crippen LogP contribution in [-0.2, 0) is 0 Å². The third kappa shape index (κ3) is 3.70. The molecule has 2 fully saturated rings. The second-order valence-corrected chi connectivity index (χ2v) is 7.95. The minimum absolute atomic E-state index is 0. The van der Waals surface area contributed by atoms with Crippen molar-refractivity contribution >= 4 is 41.8 Å². The van der Waals surface area contributed by atoms with Gasteiger partial charge in [0, 0.05) is 36.2 Å². The van der Waals surface area contributed by atoms with Gasteiger partial charge in [0.25, 0.3) is 5.91 Å². The van der Waals surface area contributed by atoms with Crippen molar-refractivity contribution < 1.29 is 4.79 Å². The number of hydrogen-bond acceptors (Lipinski definition) is 4. The third-order valence-electron chi connectivity index (χ3n) is 3.96. The molecule has 2 saturated heterocycles. The van der Waals surface area contributed by atoms with Gasteiger partial charge in [0.05, 0.1) is 4.58 Å². The molecule has 2 aliphatic rings. The Balaban J connectivity index is 0.00000161. The molecular weight excluding hydrogens is 324 g/mol. The van der Waals surface area contributed by atoms with Crippen LogP contribution in [0.4, 0.5) is 0 Å². The molecule has 3 rings (SSSR count). The molecule has 0 aliphatic carbocycles. The maximum absolute atomic E-state index is 12.5. The number of hydrogen-bond donors (Lipinski definition) is 1. The molecule has 1 aromatic carbocycles. The Kier molecular flexibility index (Phi) is 6.29. The summed E-state index contributed by atoms with van der Waals surface area (Å²) in [5, 5.41) is 0. The zero-order chi connectivity index (χ0) is 13.9. The highest BCUT2D eigenvalue weighted by atomic mass is 35.5. The maximum Gasteiger partial charge on any atom is 0.254 e. The summed E-state index contributed by atoms with van der Waals surface area (Å²) in [5.41, 5.74) is 7.87. The van der Waals surface area contributed by atoms with Crippen LogP contribution in [0.2, 0.25) is 0 Å². The zero-order valence-electron chi connectivity index (χ0n) is 11.9. The quantitative estimate of drug-likeness (QED) is 0.915. The van der Waals surface area contributed by atoms with Crippen LogP contribution >= 0.6 is 35.9 Å². The number of rotatable bonds is 3. The minimum atomic E-state index is 0. The maximum atomic E-state index is 12.5. The van der Waals surface area contributed by atoms with E-state index in [4.69, 9.17) is 5.73 Å². The van der Waals surface area contributed by atoms with Gasteiger partial charge >= 0.3 is 0 Å². The fraction of sp³-hybridized carbons (Fsp3) is 0.533. The van der Waals surface area contributed by atoms with E-state index in [2.05, 4.69) is 12.1 Å². The van der Waals surface area contributed by atoms with Crippen molar-refractivity contribution in [1.29, 1.82) is 0 Å². The number of thioether (sulfide) groups is 2. The van der Waals surface area contributed by atoms with Crippen molar-refractivity contribution in [1.82, 2.24) is 4.90 Å². The molecule has 3 nitrogen and oxygen atoms in total. The van der Waals surface area contributed by atoms with Gasteiger partial charge < -0.3 is 10.6 Å². The molecule has 1 atom stereocenters. The lowest BCUT2D eigenvalue weighted by Crippen LogP contribution is -2.39. The van der Waals surface area contributed by atoms with Crippen LogP contribution in [0.3, 0.4) is 0 Å². The summed E-state index contributed by atoms with van der Waals surface area (Å²) in [6.07, 6.45) is 2.11. The number of nitrogens with two attached hydrogens (primary N) is 1. The van der Waals surface area contributed by atoms with Crippen molar-refractivity contribution in [2.45, 2.75) is 23.5 Å². The highest BCUT2D eigenvalue weighted by molar-refractivity contribution is 8.19. The van der Waals surface area contributed by atoms with Gasteiger partial charge in [-0.15, -0.1) is 35.9 Å². The zero-order valence-corrected chi connectivity index (χ0v) is 14.3. The average molecular weight is 345 g/mol. The van der Waals surface area contributed by atoms with E-state index >= 15 is 0 Å². The molecule has 6 heteroatoms. The SMILES string of the molecule is Cl.NCC1CCCN1C(=O)c1ccc(C2SCCS2)cc1. The monoisotopic (exact) mass is 344 g/mol. The molecule has 0 saturated carbocycles. The molecule has 0 spiro atoms. The van der Waals surface area contributed by atoms with Gasteiger partial charge in [0.1, 0.15) is 0 Å². The summed E-state index contributed by atoms with van der Waals surface area (Å²) in [7, 11) is 0. The Morgan fingerprint density at radius 1 is 1.24 bits per heavy atom. The topological polar surface area (TPSA) is 46.3 Å². The number of halogens is 1. The van der Waals surface area contributed by atoms with E-state index in [0.717, 1.165) is 24.9 Å². The van der Waals surface area contributed by atoms with E-state index in [1.165, 1.54) is 17.1 Å². The molecule has 0 bridgehead atoms. The molecule has 2 heterocycles. The summed E-state index contributed by atoms with van der Waals surface area (Å²) < 4.78 is 0.544. The predicted molar refractivity (Wildman–Crippen MR) is 94.5 cm³/mol. The summed E-state index contributed by atoms with van der Waals surface area (Å²) >= 11 is 3.98. The fourth-order valence-electron chi connectivity index (χ4n) is 2.85. The number of amides is 1. The molecule has 2 aliphatic heterocycles. The van der Waals surface area contributed by atoms with Gasteiger partial charge in [-0.1, -0.05) is 12.1 Å². The summed E-state index contributed by atoms with van der Waals surface area (Å²) in [5.74, 6) is 2.58. The van der Waals surface area contributed by atoms with Crippen molar-refractivity contribution in [3.05, 3.63) is 35.4 Å². The van der Waals surface area contributed by atoms with E-state index < -0.39 is 0 Å². The number of nitrogens with zero attached hydrogens (tertiary/aromatic N) is 1. The Morgan fingerprint density at radius 2 is 1.90 bits per heavy atom. The number of benzene rings is 1. The molecule has 0 aromatic heterocycles. The third-order valence-corrected chi connectivity index (χ3v) is 7.07. The lowest BCUT2D eigenvalue weighted by Gasteiger charge is -2.23. The first-order valence-corrected chi connectivity index (χ1v) is 9.23. The lowest BCUT2D eigenvalue weighted by atomic mass is 10.1. The number of carbonyl (C=O) groups is 1. The largest absolute Gasteiger partial charge is 0.334 e. The van der Waals surface area contributed by atoms with Gasteiger partial charge in [-0.2, -0.15) is 0 Å².